The Labute approximate surface area is 111 Å². The van der Waals surface area contributed by atoms with Crippen LogP contribution in [0, 0.1) is 19.3 Å². The Morgan fingerprint density at radius 3 is 2.17 bits per heavy atom. The molecule has 1 rings (SSSR count). The summed E-state index contributed by atoms with van der Waals surface area (Å²) in [5.74, 6) is 0. The highest BCUT2D eigenvalue weighted by Gasteiger charge is 2.23. The van der Waals surface area contributed by atoms with Gasteiger partial charge in [-0.25, -0.2) is 0 Å². The lowest BCUT2D eigenvalue weighted by molar-refractivity contribution is 0.196. The van der Waals surface area contributed by atoms with E-state index in [0.29, 0.717) is 6.04 Å². The monoisotopic (exact) mass is 249 g/mol. The summed E-state index contributed by atoms with van der Waals surface area (Å²) < 4.78 is 0. The molecule has 102 valence electrons. The summed E-state index contributed by atoms with van der Waals surface area (Å²) in [7, 11) is 0. The molecule has 0 heterocycles. The Balaban J connectivity index is 2.73. The van der Waals surface area contributed by atoms with Crippen LogP contribution in [0.1, 0.15) is 43.9 Å². The van der Waals surface area contributed by atoms with Crippen LogP contribution < -0.4 is 5.32 Å². The molecule has 0 saturated carbocycles. The van der Waals surface area contributed by atoms with Crippen molar-refractivity contribution < 1.29 is 5.11 Å². The molecule has 0 radical (unpaired) electrons. The van der Waals surface area contributed by atoms with E-state index in [4.69, 9.17) is 5.11 Å². The quantitative estimate of drug-likeness (QED) is 0.840. The average Bonchev–Trinajstić information content (AvgIpc) is 2.25. The highest BCUT2D eigenvalue weighted by Crippen LogP contribution is 2.22. The van der Waals surface area contributed by atoms with Gasteiger partial charge in [-0.1, -0.05) is 39.0 Å². The Bertz CT molecular complexity index is 359. The third-order valence-electron chi connectivity index (χ3n) is 3.63. The van der Waals surface area contributed by atoms with Crippen LogP contribution >= 0.6 is 0 Å². The smallest absolute Gasteiger partial charge is 0.0446 e. The summed E-state index contributed by atoms with van der Waals surface area (Å²) in [5.41, 5.74) is 4.21. The molecule has 1 unspecified atom stereocenters. The second kappa shape index (κ2) is 6.35. The maximum absolute atomic E-state index is 9.17. The van der Waals surface area contributed by atoms with Gasteiger partial charge in [-0.05, 0) is 42.4 Å². The Kier molecular flexibility index (Phi) is 5.36. The molecule has 0 aromatic heterocycles. The highest BCUT2D eigenvalue weighted by molar-refractivity contribution is 5.33. The van der Waals surface area contributed by atoms with Crippen molar-refractivity contribution in [2.24, 2.45) is 5.41 Å². The molecule has 1 atom stereocenters. The van der Waals surface area contributed by atoms with Crippen molar-refractivity contribution in [3.63, 3.8) is 0 Å². The van der Waals surface area contributed by atoms with Gasteiger partial charge in [0.25, 0.3) is 0 Å². The Morgan fingerprint density at radius 1 is 1.17 bits per heavy atom. The van der Waals surface area contributed by atoms with Gasteiger partial charge in [0.05, 0.1) is 0 Å². The summed E-state index contributed by atoms with van der Waals surface area (Å²) in [6.07, 6.45) is 0.800. The number of rotatable bonds is 5. The van der Waals surface area contributed by atoms with Crippen LogP contribution in [0.5, 0.6) is 0 Å². The van der Waals surface area contributed by atoms with Crippen LogP contribution in [0.4, 0.5) is 0 Å². The molecule has 2 heteroatoms. The number of benzene rings is 1. The van der Waals surface area contributed by atoms with Crippen LogP contribution in [-0.2, 0) is 6.54 Å². The zero-order chi connectivity index (χ0) is 13.8. The number of hydrogen-bond acceptors (Lipinski definition) is 2. The first kappa shape index (κ1) is 15.2. The van der Waals surface area contributed by atoms with Crippen molar-refractivity contribution in [3.05, 3.63) is 34.9 Å². The zero-order valence-electron chi connectivity index (χ0n) is 12.4. The molecule has 1 aromatic carbocycles. The summed E-state index contributed by atoms with van der Waals surface area (Å²) in [5, 5.41) is 12.8. The minimum Gasteiger partial charge on any atom is -0.396 e. The fraction of sp³-hybridized carbons (Fsp3) is 0.625. The van der Waals surface area contributed by atoms with Crippen LogP contribution in [0.2, 0.25) is 0 Å². The van der Waals surface area contributed by atoms with Crippen LogP contribution in [0.15, 0.2) is 18.2 Å². The first-order valence-corrected chi connectivity index (χ1v) is 6.75. The van der Waals surface area contributed by atoms with E-state index in [1.807, 2.05) is 0 Å². The van der Waals surface area contributed by atoms with Crippen molar-refractivity contribution in [3.8, 4) is 0 Å². The predicted octanol–water partition coefficient (Wildman–Crippen LogP) is 3.19. The second-order valence-electron chi connectivity index (χ2n) is 6.18. The first-order valence-electron chi connectivity index (χ1n) is 6.75. The predicted molar refractivity (Wildman–Crippen MR) is 77.7 cm³/mol. The number of aryl methyl sites for hydroxylation is 2. The van der Waals surface area contributed by atoms with E-state index in [1.165, 1.54) is 16.7 Å². The topological polar surface area (TPSA) is 32.3 Å². The zero-order valence-corrected chi connectivity index (χ0v) is 12.4. The van der Waals surface area contributed by atoms with Gasteiger partial charge in [0.2, 0.25) is 0 Å². The fourth-order valence-corrected chi connectivity index (χ4v) is 2.32. The lowest BCUT2D eigenvalue weighted by atomic mass is 9.84. The number of aliphatic hydroxyl groups excluding tert-OH is 1. The molecule has 2 nitrogen and oxygen atoms in total. The third kappa shape index (κ3) is 4.11. The molecule has 2 N–H and O–H groups in total. The highest BCUT2D eigenvalue weighted by atomic mass is 16.3. The van der Waals surface area contributed by atoms with Gasteiger partial charge in [-0.2, -0.15) is 0 Å². The SMILES string of the molecule is Cc1cccc(C)c1CNC(CCO)C(C)(C)C. The van der Waals surface area contributed by atoms with Crippen LogP contribution in [-0.4, -0.2) is 17.8 Å². The number of nitrogens with one attached hydrogen (secondary N) is 1. The van der Waals surface area contributed by atoms with E-state index < -0.39 is 0 Å². The normalized spacial score (nSPS) is 13.7. The first-order chi connectivity index (χ1) is 8.36. The molecule has 0 spiro atoms. The van der Waals surface area contributed by atoms with E-state index in [9.17, 15) is 0 Å². The average molecular weight is 249 g/mol. The minimum absolute atomic E-state index is 0.166. The van der Waals surface area contributed by atoms with Crippen molar-refractivity contribution in [1.29, 1.82) is 0 Å². The molecule has 1 aromatic rings. The van der Waals surface area contributed by atoms with E-state index in [1.54, 1.807) is 0 Å². The van der Waals surface area contributed by atoms with E-state index in [2.05, 4.69) is 58.1 Å². The Hall–Kier alpha value is -0.860. The van der Waals surface area contributed by atoms with E-state index in [-0.39, 0.29) is 12.0 Å². The standard InChI is InChI=1S/C16H27NO/c1-12-7-6-8-13(2)14(12)11-17-15(9-10-18)16(3,4)5/h6-8,15,17-18H,9-11H2,1-5H3. The lowest BCUT2D eigenvalue weighted by Crippen LogP contribution is -2.40. The summed E-state index contributed by atoms with van der Waals surface area (Å²) in [6, 6.07) is 6.74. The fourth-order valence-electron chi connectivity index (χ4n) is 2.32. The summed E-state index contributed by atoms with van der Waals surface area (Å²) >= 11 is 0. The maximum Gasteiger partial charge on any atom is 0.0446 e. The largest absolute Gasteiger partial charge is 0.396 e. The molecule has 0 amide bonds. The van der Waals surface area contributed by atoms with E-state index >= 15 is 0 Å². The number of hydrogen-bond donors (Lipinski definition) is 2. The number of aliphatic hydroxyl groups is 1. The van der Waals surface area contributed by atoms with Gasteiger partial charge < -0.3 is 10.4 Å². The molecule has 18 heavy (non-hydrogen) atoms. The van der Waals surface area contributed by atoms with Crippen molar-refractivity contribution in [2.75, 3.05) is 6.61 Å². The molecule has 0 bridgehead atoms. The molecule has 0 aliphatic rings. The van der Waals surface area contributed by atoms with Gasteiger partial charge in [0, 0.05) is 19.2 Å². The molecule has 0 aliphatic carbocycles. The van der Waals surface area contributed by atoms with E-state index in [0.717, 1.165) is 13.0 Å². The summed E-state index contributed by atoms with van der Waals surface area (Å²) in [4.78, 5) is 0. The van der Waals surface area contributed by atoms with Crippen molar-refractivity contribution >= 4 is 0 Å². The molecular weight excluding hydrogens is 222 g/mol. The lowest BCUT2D eigenvalue weighted by Gasteiger charge is -2.31. The van der Waals surface area contributed by atoms with Crippen LogP contribution in [0.3, 0.4) is 0 Å². The maximum atomic E-state index is 9.17. The molecule has 0 saturated heterocycles. The van der Waals surface area contributed by atoms with Crippen molar-refractivity contribution in [1.82, 2.24) is 5.32 Å². The second-order valence-corrected chi connectivity index (χ2v) is 6.18. The van der Waals surface area contributed by atoms with Gasteiger partial charge >= 0.3 is 0 Å². The molecular formula is C16H27NO. The minimum atomic E-state index is 0.166. The summed E-state index contributed by atoms with van der Waals surface area (Å²) in [6.45, 7) is 12.1. The molecule has 0 aliphatic heterocycles. The van der Waals surface area contributed by atoms with Crippen LogP contribution in [0.25, 0.3) is 0 Å². The van der Waals surface area contributed by atoms with Gasteiger partial charge in [-0.15, -0.1) is 0 Å². The van der Waals surface area contributed by atoms with Gasteiger partial charge in [0.15, 0.2) is 0 Å². The van der Waals surface area contributed by atoms with Gasteiger partial charge in [0.1, 0.15) is 0 Å². The Morgan fingerprint density at radius 2 is 1.72 bits per heavy atom. The molecule has 0 fully saturated rings. The van der Waals surface area contributed by atoms with Crippen molar-refractivity contribution in [2.45, 2.75) is 53.6 Å². The third-order valence-corrected chi connectivity index (χ3v) is 3.63. The van der Waals surface area contributed by atoms with Gasteiger partial charge in [-0.3, -0.25) is 0 Å².